The van der Waals surface area contributed by atoms with E-state index in [1.165, 1.54) is 4.68 Å². The fourth-order valence-corrected chi connectivity index (χ4v) is 2.20. The molecular weight excluding hydrogens is 294 g/mol. The summed E-state index contributed by atoms with van der Waals surface area (Å²) >= 11 is 3.41. The maximum Gasteiger partial charge on any atom is 0.270 e. The highest BCUT2D eigenvalue weighted by Gasteiger charge is 2.13. The summed E-state index contributed by atoms with van der Waals surface area (Å²) in [5, 5.41) is 6.19. The van der Waals surface area contributed by atoms with Crippen LogP contribution in [0.25, 0.3) is 11.3 Å². The first kappa shape index (κ1) is 13.1. The number of benzene rings is 1. The lowest BCUT2D eigenvalue weighted by Crippen LogP contribution is -2.19. The Morgan fingerprint density at radius 3 is 2.61 bits per heavy atom. The Morgan fingerprint density at radius 1 is 1.33 bits per heavy atom. The standard InChI is InChI=1S/C13H16BrN3O/c1-15-8-7-11-12(16-17(2)13(11)18)9-3-5-10(14)6-4-9/h3-6,15-16H,7-8H2,1-2H3. The summed E-state index contributed by atoms with van der Waals surface area (Å²) in [6, 6.07) is 7.95. The summed E-state index contributed by atoms with van der Waals surface area (Å²) in [6.07, 6.45) is 0.720. The maximum absolute atomic E-state index is 12.0. The van der Waals surface area contributed by atoms with E-state index in [0.29, 0.717) is 0 Å². The van der Waals surface area contributed by atoms with Crippen LogP contribution in [0.3, 0.4) is 0 Å². The normalized spacial score (nSPS) is 10.8. The smallest absolute Gasteiger partial charge is 0.270 e. The second-order valence-electron chi connectivity index (χ2n) is 4.19. The van der Waals surface area contributed by atoms with Crippen molar-refractivity contribution in [2.75, 3.05) is 13.6 Å². The molecule has 2 aromatic rings. The van der Waals surface area contributed by atoms with Crippen LogP contribution in [-0.2, 0) is 13.5 Å². The van der Waals surface area contributed by atoms with Crippen molar-refractivity contribution in [2.45, 2.75) is 6.42 Å². The van der Waals surface area contributed by atoms with Crippen molar-refractivity contribution in [2.24, 2.45) is 7.05 Å². The minimum absolute atomic E-state index is 0.0446. The molecule has 0 fully saturated rings. The largest absolute Gasteiger partial charge is 0.319 e. The number of likely N-dealkylation sites (N-methyl/N-ethyl adjacent to an activating group) is 1. The Bertz CT molecular complexity index is 583. The van der Waals surface area contributed by atoms with Crippen LogP contribution in [0.2, 0.25) is 0 Å². The monoisotopic (exact) mass is 309 g/mol. The number of aromatic amines is 1. The van der Waals surface area contributed by atoms with Crippen molar-refractivity contribution in [1.29, 1.82) is 0 Å². The molecule has 1 heterocycles. The van der Waals surface area contributed by atoms with Crippen molar-refractivity contribution in [3.05, 3.63) is 44.7 Å². The van der Waals surface area contributed by atoms with E-state index < -0.39 is 0 Å². The van der Waals surface area contributed by atoms with Gasteiger partial charge < -0.3 is 5.32 Å². The third kappa shape index (κ3) is 2.57. The van der Waals surface area contributed by atoms with Gasteiger partial charge in [-0.05, 0) is 37.7 Å². The highest BCUT2D eigenvalue weighted by atomic mass is 79.9. The van der Waals surface area contributed by atoms with Gasteiger partial charge in [0.2, 0.25) is 0 Å². The fourth-order valence-electron chi connectivity index (χ4n) is 1.93. The summed E-state index contributed by atoms with van der Waals surface area (Å²) < 4.78 is 2.56. The minimum Gasteiger partial charge on any atom is -0.319 e. The molecular formula is C13H16BrN3O. The predicted octanol–water partition coefficient (Wildman–Crippen LogP) is 1.90. The van der Waals surface area contributed by atoms with Gasteiger partial charge in [-0.15, -0.1) is 0 Å². The number of hydrogen-bond acceptors (Lipinski definition) is 2. The van der Waals surface area contributed by atoms with Crippen molar-refractivity contribution in [3.8, 4) is 11.3 Å². The quantitative estimate of drug-likeness (QED) is 0.906. The topological polar surface area (TPSA) is 49.8 Å². The van der Waals surface area contributed by atoms with Gasteiger partial charge in [-0.1, -0.05) is 28.1 Å². The zero-order chi connectivity index (χ0) is 13.1. The zero-order valence-electron chi connectivity index (χ0n) is 10.5. The van der Waals surface area contributed by atoms with Crippen LogP contribution in [0.5, 0.6) is 0 Å². The summed E-state index contributed by atoms with van der Waals surface area (Å²) in [4.78, 5) is 12.0. The van der Waals surface area contributed by atoms with E-state index in [1.807, 2.05) is 31.3 Å². The van der Waals surface area contributed by atoms with E-state index in [9.17, 15) is 4.79 Å². The number of nitrogens with one attached hydrogen (secondary N) is 2. The zero-order valence-corrected chi connectivity index (χ0v) is 12.0. The molecule has 0 radical (unpaired) electrons. The summed E-state index contributed by atoms with van der Waals surface area (Å²) in [5.74, 6) is 0. The van der Waals surface area contributed by atoms with Crippen LogP contribution < -0.4 is 10.9 Å². The molecule has 1 aromatic carbocycles. The highest BCUT2D eigenvalue weighted by molar-refractivity contribution is 9.10. The second kappa shape index (κ2) is 5.54. The van der Waals surface area contributed by atoms with Crippen LogP contribution in [0.1, 0.15) is 5.56 Å². The number of halogens is 1. The van der Waals surface area contributed by atoms with Crippen LogP contribution in [-0.4, -0.2) is 23.4 Å². The first-order chi connectivity index (χ1) is 8.63. The van der Waals surface area contributed by atoms with Gasteiger partial charge in [0.15, 0.2) is 0 Å². The van der Waals surface area contributed by atoms with Crippen molar-refractivity contribution < 1.29 is 0 Å². The first-order valence-corrected chi connectivity index (χ1v) is 6.61. The van der Waals surface area contributed by atoms with Crippen molar-refractivity contribution in [1.82, 2.24) is 15.1 Å². The summed E-state index contributed by atoms with van der Waals surface area (Å²) in [5.41, 5.74) is 2.81. The Hall–Kier alpha value is -1.33. The van der Waals surface area contributed by atoms with Gasteiger partial charge in [0.25, 0.3) is 5.56 Å². The van der Waals surface area contributed by atoms with Crippen molar-refractivity contribution in [3.63, 3.8) is 0 Å². The molecule has 0 atom stereocenters. The molecule has 0 bridgehead atoms. The molecule has 96 valence electrons. The first-order valence-electron chi connectivity index (χ1n) is 5.82. The van der Waals surface area contributed by atoms with E-state index in [4.69, 9.17) is 0 Å². The average Bonchev–Trinajstić information content (AvgIpc) is 2.64. The molecule has 18 heavy (non-hydrogen) atoms. The van der Waals surface area contributed by atoms with Gasteiger partial charge in [0.05, 0.1) is 5.69 Å². The van der Waals surface area contributed by atoms with Crippen LogP contribution in [0.4, 0.5) is 0 Å². The van der Waals surface area contributed by atoms with Crippen LogP contribution >= 0.6 is 15.9 Å². The molecule has 0 amide bonds. The van der Waals surface area contributed by atoms with E-state index in [2.05, 4.69) is 26.3 Å². The molecule has 0 saturated heterocycles. The summed E-state index contributed by atoms with van der Waals surface area (Å²) in [7, 11) is 3.63. The van der Waals surface area contributed by atoms with Crippen LogP contribution in [0, 0.1) is 0 Å². The molecule has 5 heteroatoms. The molecule has 0 aliphatic heterocycles. The summed E-state index contributed by atoms with van der Waals surface area (Å²) in [6.45, 7) is 0.788. The lowest BCUT2D eigenvalue weighted by molar-refractivity contribution is 0.734. The molecule has 2 N–H and O–H groups in total. The predicted molar refractivity (Wildman–Crippen MR) is 76.8 cm³/mol. The molecule has 2 rings (SSSR count). The number of rotatable bonds is 4. The van der Waals surface area contributed by atoms with Crippen molar-refractivity contribution >= 4 is 15.9 Å². The third-order valence-corrected chi connectivity index (χ3v) is 3.43. The number of H-pyrrole nitrogens is 1. The van der Waals surface area contributed by atoms with E-state index in [-0.39, 0.29) is 5.56 Å². The molecule has 0 aliphatic rings. The molecule has 0 spiro atoms. The van der Waals surface area contributed by atoms with Gasteiger partial charge in [0.1, 0.15) is 0 Å². The Kier molecular flexibility index (Phi) is 4.04. The van der Waals surface area contributed by atoms with Crippen LogP contribution in [0.15, 0.2) is 33.5 Å². The number of aromatic nitrogens is 2. The highest BCUT2D eigenvalue weighted by Crippen LogP contribution is 2.22. The maximum atomic E-state index is 12.0. The Morgan fingerprint density at radius 2 is 2.00 bits per heavy atom. The lowest BCUT2D eigenvalue weighted by atomic mass is 10.1. The van der Waals surface area contributed by atoms with E-state index in [1.54, 1.807) is 7.05 Å². The second-order valence-corrected chi connectivity index (χ2v) is 5.11. The SMILES string of the molecule is CNCCc1c(-c2ccc(Br)cc2)[nH]n(C)c1=O. The Balaban J connectivity index is 2.46. The molecule has 0 unspecified atom stereocenters. The molecule has 0 saturated carbocycles. The van der Waals surface area contributed by atoms with Gasteiger partial charge in [-0.2, -0.15) is 0 Å². The van der Waals surface area contributed by atoms with E-state index >= 15 is 0 Å². The lowest BCUT2D eigenvalue weighted by Gasteiger charge is -2.02. The molecule has 1 aromatic heterocycles. The van der Waals surface area contributed by atoms with E-state index in [0.717, 1.165) is 34.3 Å². The number of nitrogens with zero attached hydrogens (tertiary/aromatic N) is 1. The number of hydrogen-bond donors (Lipinski definition) is 2. The van der Waals surface area contributed by atoms with Gasteiger partial charge in [-0.25, -0.2) is 0 Å². The van der Waals surface area contributed by atoms with Gasteiger partial charge in [0, 0.05) is 17.1 Å². The molecule has 0 aliphatic carbocycles. The Labute approximate surface area is 114 Å². The fraction of sp³-hybridized carbons (Fsp3) is 0.308. The van der Waals surface area contributed by atoms with Gasteiger partial charge >= 0.3 is 0 Å². The third-order valence-electron chi connectivity index (χ3n) is 2.90. The van der Waals surface area contributed by atoms with Gasteiger partial charge in [-0.3, -0.25) is 14.6 Å². The average molecular weight is 310 g/mol. The minimum atomic E-state index is 0.0446. The number of aryl methyl sites for hydroxylation is 1. The molecule has 4 nitrogen and oxygen atoms in total.